The van der Waals surface area contributed by atoms with E-state index in [0.717, 1.165) is 55.0 Å². The number of aromatic hydroxyl groups is 1. The number of hydrogen-bond acceptors (Lipinski definition) is 5. The van der Waals surface area contributed by atoms with E-state index < -0.39 is 0 Å². The van der Waals surface area contributed by atoms with Crippen molar-refractivity contribution in [2.24, 2.45) is 0 Å². The highest BCUT2D eigenvalue weighted by Crippen LogP contribution is 2.28. The van der Waals surface area contributed by atoms with Crippen molar-refractivity contribution in [3.63, 3.8) is 0 Å². The molecule has 1 saturated heterocycles. The molecule has 0 atom stereocenters. The molecule has 0 spiro atoms. The first-order valence-electron chi connectivity index (χ1n) is 10.0. The van der Waals surface area contributed by atoms with E-state index in [1.807, 2.05) is 26.0 Å². The molecule has 0 radical (unpaired) electrons. The van der Waals surface area contributed by atoms with Gasteiger partial charge in [-0.1, -0.05) is 12.1 Å². The van der Waals surface area contributed by atoms with E-state index >= 15 is 0 Å². The molecule has 3 heterocycles. The van der Waals surface area contributed by atoms with E-state index in [-0.39, 0.29) is 11.5 Å². The Morgan fingerprint density at radius 3 is 2.55 bits per heavy atom. The van der Waals surface area contributed by atoms with Crippen molar-refractivity contribution in [2.45, 2.75) is 39.2 Å². The number of pyridine rings is 1. The molecule has 1 aliphatic heterocycles. The molecule has 6 nitrogen and oxygen atoms in total. The molecule has 29 heavy (non-hydrogen) atoms. The van der Waals surface area contributed by atoms with E-state index in [9.17, 15) is 9.90 Å². The van der Waals surface area contributed by atoms with Crippen molar-refractivity contribution in [3.8, 4) is 17.0 Å². The van der Waals surface area contributed by atoms with Gasteiger partial charge in [0.15, 0.2) is 0 Å². The summed E-state index contributed by atoms with van der Waals surface area (Å²) in [7, 11) is 0. The lowest BCUT2D eigenvalue weighted by Gasteiger charge is -2.31. The minimum absolute atomic E-state index is 0.119. The predicted molar refractivity (Wildman–Crippen MR) is 113 cm³/mol. The zero-order valence-corrected chi connectivity index (χ0v) is 16.9. The zero-order valence-electron chi connectivity index (χ0n) is 16.9. The van der Waals surface area contributed by atoms with Crippen molar-refractivity contribution >= 4 is 0 Å². The molecule has 3 aromatic rings. The smallest absolute Gasteiger partial charge is 0.251 e. The molecule has 4 rings (SSSR count). The highest BCUT2D eigenvalue weighted by atomic mass is 16.3. The second-order valence-electron chi connectivity index (χ2n) is 7.89. The van der Waals surface area contributed by atoms with Gasteiger partial charge in [-0.2, -0.15) is 0 Å². The van der Waals surface area contributed by atoms with Crippen LogP contribution < -0.4 is 5.56 Å². The summed E-state index contributed by atoms with van der Waals surface area (Å²) in [5, 5.41) is 9.97. The molecule has 0 saturated carbocycles. The maximum atomic E-state index is 12.2. The van der Waals surface area contributed by atoms with Crippen molar-refractivity contribution in [1.29, 1.82) is 0 Å². The van der Waals surface area contributed by atoms with Gasteiger partial charge in [-0.25, -0.2) is 4.98 Å². The van der Waals surface area contributed by atoms with Crippen LogP contribution in [0.2, 0.25) is 0 Å². The van der Waals surface area contributed by atoms with Crippen LogP contribution in [0, 0.1) is 13.8 Å². The normalized spacial score (nSPS) is 15.5. The van der Waals surface area contributed by atoms with Crippen LogP contribution in [0.25, 0.3) is 11.3 Å². The maximum Gasteiger partial charge on any atom is 0.251 e. The Labute approximate surface area is 170 Å². The summed E-state index contributed by atoms with van der Waals surface area (Å²) >= 11 is 0. The first-order chi connectivity index (χ1) is 14.0. The molecule has 1 aromatic carbocycles. The summed E-state index contributed by atoms with van der Waals surface area (Å²) in [6.45, 7) is 6.65. The molecule has 6 heteroatoms. The third-order valence-corrected chi connectivity index (χ3v) is 5.65. The van der Waals surface area contributed by atoms with E-state index in [2.05, 4.69) is 27.0 Å². The van der Waals surface area contributed by atoms with Gasteiger partial charge in [-0.05, 0) is 68.6 Å². The Bertz CT molecular complexity index is 1030. The molecule has 1 aliphatic rings. The SMILES string of the molecule is Cc1cc(CN2CCC(c3nc(-c4cccnc4)cc(=O)[nH]3)CC2)cc(C)c1O. The van der Waals surface area contributed by atoms with Gasteiger partial charge in [0.1, 0.15) is 11.6 Å². The Morgan fingerprint density at radius 2 is 1.90 bits per heavy atom. The van der Waals surface area contributed by atoms with Crippen LogP contribution in [0.15, 0.2) is 47.5 Å². The van der Waals surface area contributed by atoms with Crippen LogP contribution in [-0.2, 0) is 6.54 Å². The van der Waals surface area contributed by atoms with Crippen LogP contribution >= 0.6 is 0 Å². The number of hydrogen-bond donors (Lipinski definition) is 2. The number of phenolic OH excluding ortho intramolecular Hbond substituents is 1. The molecule has 0 bridgehead atoms. The lowest BCUT2D eigenvalue weighted by Crippen LogP contribution is -2.33. The molecule has 0 unspecified atom stereocenters. The third kappa shape index (κ3) is 4.38. The standard InChI is InChI=1S/C23H26N4O2/c1-15-10-17(11-16(2)22(15)29)14-27-8-5-18(6-9-27)23-25-20(12-21(28)26-23)19-4-3-7-24-13-19/h3-4,7,10-13,18,29H,5-6,8-9,14H2,1-2H3,(H,25,26,28). The van der Waals surface area contributed by atoms with E-state index in [1.165, 1.54) is 11.6 Å². The quantitative estimate of drug-likeness (QED) is 0.712. The molecular weight excluding hydrogens is 364 g/mol. The third-order valence-electron chi connectivity index (χ3n) is 5.65. The predicted octanol–water partition coefficient (Wildman–Crippen LogP) is 3.53. The zero-order chi connectivity index (χ0) is 20.4. The number of aromatic nitrogens is 3. The van der Waals surface area contributed by atoms with Crippen LogP contribution in [0.3, 0.4) is 0 Å². The van der Waals surface area contributed by atoms with Gasteiger partial charge in [0.2, 0.25) is 0 Å². The summed E-state index contributed by atoms with van der Waals surface area (Å²) < 4.78 is 0. The van der Waals surface area contributed by atoms with Crippen molar-refractivity contribution in [1.82, 2.24) is 19.9 Å². The number of piperidine rings is 1. The summed E-state index contributed by atoms with van der Waals surface area (Å²) in [5.74, 6) is 1.40. The number of nitrogens with one attached hydrogen (secondary N) is 1. The first-order valence-corrected chi connectivity index (χ1v) is 10.0. The highest BCUT2D eigenvalue weighted by Gasteiger charge is 2.23. The highest BCUT2D eigenvalue weighted by molar-refractivity contribution is 5.56. The number of nitrogens with zero attached hydrogens (tertiary/aromatic N) is 3. The van der Waals surface area contributed by atoms with Crippen LogP contribution in [0.1, 0.15) is 41.3 Å². The topological polar surface area (TPSA) is 82.1 Å². The van der Waals surface area contributed by atoms with Gasteiger partial charge in [-0.3, -0.25) is 14.7 Å². The first kappa shape index (κ1) is 19.3. The van der Waals surface area contributed by atoms with E-state index in [0.29, 0.717) is 11.4 Å². The number of likely N-dealkylation sites (tertiary alicyclic amines) is 1. The number of phenols is 1. The maximum absolute atomic E-state index is 12.2. The van der Waals surface area contributed by atoms with Crippen molar-refractivity contribution < 1.29 is 5.11 Å². The van der Waals surface area contributed by atoms with Gasteiger partial charge >= 0.3 is 0 Å². The minimum Gasteiger partial charge on any atom is -0.507 e. The molecule has 1 fully saturated rings. The Balaban J connectivity index is 1.45. The molecule has 2 aromatic heterocycles. The van der Waals surface area contributed by atoms with Crippen LogP contribution in [0.4, 0.5) is 0 Å². The Hall–Kier alpha value is -2.99. The molecule has 0 amide bonds. The molecule has 150 valence electrons. The number of benzene rings is 1. The summed E-state index contributed by atoms with van der Waals surface area (Å²) in [6, 6.07) is 9.42. The lowest BCUT2D eigenvalue weighted by atomic mass is 9.95. The Morgan fingerprint density at radius 1 is 1.17 bits per heavy atom. The van der Waals surface area contributed by atoms with Crippen molar-refractivity contribution in [3.05, 3.63) is 75.6 Å². The fraction of sp³-hybridized carbons (Fsp3) is 0.348. The number of aryl methyl sites for hydroxylation is 2. The molecule has 2 N–H and O–H groups in total. The van der Waals surface area contributed by atoms with Crippen LogP contribution in [0.5, 0.6) is 5.75 Å². The summed E-state index contributed by atoms with van der Waals surface area (Å²) in [6.07, 6.45) is 5.35. The van der Waals surface area contributed by atoms with Gasteiger partial charge in [0.05, 0.1) is 5.69 Å². The fourth-order valence-electron chi connectivity index (χ4n) is 4.09. The van der Waals surface area contributed by atoms with Crippen molar-refractivity contribution in [2.75, 3.05) is 13.1 Å². The number of H-pyrrole nitrogens is 1. The van der Waals surface area contributed by atoms with Crippen LogP contribution in [-0.4, -0.2) is 38.0 Å². The van der Waals surface area contributed by atoms with Gasteiger partial charge < -0.3 is 10.1 Å². The Kier molecular flexibility index (Phi) is 5.45. The average molecular weight is 390 g/mol. The lowest BCUT2D eigenvalue weighted by molar-refractivity contribution is 0.201. The van der Waals surface area contributed by atoms with Gasteiger partial charge in [-0.15, -0.1) is 0 Å². The molecule has 0 aliphatic carbocycles. The number of aromatic amines is 1. The van der Waals surface area contributed by atoms with Gasteiger partial charge in [0, 0.05) is 36.5 Å². The summed E-state index contributed by atoms with van der Waals surface area (Å²) in [4.78, 5) is 26.4. The fourth-order valence-corrected chi connectivity index (χ4v) is 4.09. The minimum atomic E-state index is -0.119. The van der Waals surface area contributed by atoms with Gasteiger partial charge in [0.25, 0.3) is 5.56 Å². The largest absolute Gasteiger partial charge is 0.507 e. The average Bonchev–Trinajstić information content (AvgIpc) is 2.73. The van der Waals surface area contributed by atoms with E-state index in [1.54, 1.807) is 12.4 Å². The molecular formula is C23H26N4O2. The monoisotopic (exact) mass is 390 g/mol. The second-order valence-corrected chi connectivity index (χ2v) is 7.89. The van der Waals surface area contributed by atoms with E-state index in [4.69, 9.17) is 4.98 Å². The summed E-state index contributed by atoms with van der Waals surface area (Å²) in [5.41, 5.74) is 4.48. The number of rotatable bonds is 4. The second kappa shape index (κ2) is 8.17.